The Kier molecular flexibility index (Phi) is 4.83. The molecule has 0 saturated carbocycles. The molecule has 0 spiro atoms. The van der Waals surface area contributed by atoms with Gasteiger partial charge in [0.15, 0.2) is 0 Å². The number of Topliss-reactive ketones (excluding diaryl/α,β-unsaturated/α-hetero) is 1. The van der Waals surface area contributed by atoms with Crippen molar-refractivity contribution in [3.05, 3.63) is 29.1 Å². The van der Waals surface area contributed by atoms with Gasteiger partial charge in [0.1, 0.15) is 11.6 Å². The van der Waals surface area contributed by atoms with Crippen molar-refractivity contribution in [3.8, 4) is 5.75 Å². The van der Waals surface area contributed by atoms with Crippen LogP contribution in [-0.2, 0) is 16.0 Å². The Bertz CT molecular complexity index is 468. The molecule has 0 N–H and O–H groups in total. The molecule has 98 valence electrons. The number of hydrogen-bond donors (Lipinski definition) is 0. The Morgan fingerprint density at radius 2 is 1.94 bits per heavy atom. The molecule has 0 aromatic heterocycles. The molecule has 0 saturated heterocycles. The number of rotatable bonds is 5. The maximum Gasteiger partial charge on any atom is 0.379 e. The van der Waals surface area contributed by atoms with Crippen molar-refractivity contribution in [2.75, 3.05) is 13.7 Å². The molecule has 4 nitrogen and oxygen atoms in total. The van der Waals surface area contributed by atoms with Gasteiger partial charge in [0.25, 0.3) is 5.78 Å². The molecule has 0 aliphatic rings. The van der Waals surface area contributed by atoms with E-state index in [0.717, 1.165) is 6.07 Å². The minimum Gasteiger partial charge on any atom is -0.496 e. The second kappa shape index (κ2) is 6.14. The first-order valence-electron chi connectivity index (χ1n) is 5.62. The molecule has 0 heterocycles. The second-order valence-corrected chi connectivity index (χ2v) is 3.54. The molecule has 0 amide bonds. The monoisotopic (exact) mass is 254 g/mol. The van der Waals surface area contributed by atoms with E-state index in [0.29, 0.717) is 12.0 Å². The summed E-state index contributed by atoms with van der Waals surface area (Å²) in [5.41, 5.74) is 0.304. The number of ketones is 1. The predicted molar refractivity (Wildman–Crippen MR) is 63.3 cm³/mol. The van der Waals surface area contributed by atoms with Crippen LogP contribution in [0.3, 0.4) is 0 Å². The first-order chi connectivity index (χ1) is 8.54. The largest absolute Gasteiger partial charge is 0.496 e. The normalized spacial score (nSPS) is 10.0. The van der Waals surface area contributed by atoms with Crippen molar-refractivity contribution in [1.29, 1.82) is 0 Å². The van der Waals surface area contributed by atoms with Gasteiger partial charge in [0.2, 0.25) is 0 Å². The lowest BCUT2D eigenvalue weighted by Gasteiger charge is -2.10. The minimum atomic E-state index is -0.997. The molecule has 0 fully saturated rings. The van der Waals surface area contributed by atoms with Crippen molar-refractivity contribution in [3.63, 3.8) is 0 Å². The summed E-state index contributed by atoms with van der Waals surface area (Å²) in [6.45, 7) is 3.46. The van der Waals surface area contributed by atoms with E-state index < -0.39 is 17.6 Å². The molecule has 0 unspecified atom stereocenters. The Balaban J connectivity index is 3.15. The smallest absolute Gasteiger partial charge is 0.379 e. The molecule has 0 aliphatic carbocycles. The lowest BCUT2D eigenvalue weighted by Crippen LogP contribution is -2.18. The Morgan fingerprint density at radius 1 is 1.28 bits per heavy atom. The fourth-order valence-electron chi connectivity index (χ4n) is 1.58. The topological polar surface area (TPSA) is 52.6 Å². The van der Waals surface area contributed by atoms with Crippen LogP contribution in [-0.4, -0.2) is 25.5 Å². The highest BCUT2D eigenvalue weighted by molar-refractivity contribution is 6.40. The highest BCUT2D eigenvalue weighted by atomic mass is 19.1. The van der Waals surface area contributed by atoms with Crippen LogP contribution in [0.15, 0.2) is 12.1 Å². The van der Waals surface area contributed by atoms with Gasteiger partial charge >= 0.3 is 5.97 Å². The number of methoxy groups -OCH3 is 1. The van der Waals surface area contributed by atoms with Gasteiger partial charge < -0.3 is 9.47 Å². The van der Waals surface area contributed by atoms with Crippen molar-refractivity contribution in [2.24, 2.45) is 0 Å². The molecule has 0 atom stereocenters. The lowest BCUT2D eigenvalue weighted by atomic mass is 10.0. The molecular formula is C13H15FO4. The number of halogens is 1. The van der Waals surface area contributed by atoms with E-state index in [1.54, 1.807) is 13.8 Å². The van der Waals surface area contributed by atoms with E-state index in [2.05, 4.69) is 4.74 Å². The highest BCUT2D eigenvalue weighted by Crippen LogP contribution is 2.24. The highest BCUT2D eigenvalue weighted by Gasteiger charge is 2.21. The quantitative estimate of drug-likeness (QED) is 0.459. The summed E-state index contributed by atoms with van der Waals surface area (Å²) in [7, 11) is 1.38. The molecular weight excluding hydrogens is 239 g/mol. The number of hydrogen-bond acceptors (Lipinski definition) is 4. The Hall–Kier alpha value is -1.91. The zero-order valence-corrected chi connectivity index (χ0v) is 10.6. The van der Waals surface area contributed by atoms with Gasteiger partial charge in [-0.2, -0.15) is 0 Å². The SMILES string of the molecule is CCOC(=O)C(=O)c1cc(F)c(CC)c(OC)c1. The molecule has 0 bridgehead atoms. The van der Waals surface area contributed by atoms with Gasteiger partial charge in [-0.1, -0.05) is 6.92 Å². The average molecular weight is 254 g/mol. The predicted octanol–water partition coefficient (Wildman–Crippen LogP) is 2.14. The molecule has 18 heavy (non-hydrogen) atoms. The third kappa shape index (κ3) is 2.85. The van der Waals surface area contributed by atoms with Crippen molar-refractivity contribution in [1.82, 2.24) is 0 Å². The Labute approximate surface area is 105 Å². The zero-order valence-electron chi connectivity index (χ0n) is 10.6. The van der Waals surface area contributed by atoms with Gasteiger partial charge in [-0.25, -0.2) is 9.18 Å². The second-order valence-electron chi connectivity index (χ2n) is 3.54. The van der Waals surface area contributed by atoms with Crippen LogP contribution >= 0.6 is 0 Å². The van der Waals surface area contributed by atoms with E-state index in [1.165, 1.54) is 13.2 Å². The molecule has 0 aliphatic heterocycles. The summed E-state index contributed by atoms with van der Waals surface area (Å²) < 4.78 is 23.3. The summed E-state index contributed by atoms with van der Waals surface area (Å²) in [6, 6.07) is 2.38. The number of ether oxygens (including phenoxy) is 2. The van der Waals surface area contributed by atoms with E-state index in [1.807, 2.05) is 0 Å². The Morgan fingerprint density at radius 3 is 2.44 bits per heavy atom. The first-order valence-corrected chi connectivity index (χ1v) is 5.62. The number of benzene rings is 1. The number of esters is 1. The van der Waals surface area contributed by atoms with Crippen LogP contribution in [0.4, 0.5) is 4.39 Å². The first kappa shape index (κ1) is 14.2. The van der Waals surface area contributed by atoms with Crippen LogP contribution in [0.25, 0.3) is 0 Å². The third-order valence-corrected chi connectivity index (χ3v) is 2.45. The molecule has 5 heteroatoms. The van der Waals surface area contributed by atoms with Crippen LogP contribution < -0.4 is 4.74 Å². The van der Waals surface area contributed by atoms with Gasteiger partial charge in [-0.15, -0.1) is 0 Å². The van der Waals surface area contributed by atoms with E-state index >= 15 is 0 Å². The van der Waals surface area contributed by atoms with Gasteiger partial charge in [0.05, 0.1) is 13.7 Å². The van der Waals surface area contributed by atoms with E-state index in [4.69, 9.17) is 4.74 Å². The van der Waals surface area contributed by atoms with Crippen LogP contribution in [0.5, 0.6) is 5.75 Å². The standard InChI is InChI=1S/C13H15FO4/c1-4-9-10(14)6-8(7-11(9)17-3)12(15)13(16)18-5-2/h6-7H,4-5H2,1-3H3. The van der Waals surface area contributed by atoms with Crippen LogP contribution in [0.2, 0.25) is 0 Å². The van der Waals surface area contributed by atoms with Crippen LogP contribution in [0.1, 0.15) is 29.8 Å². The van der Waals surface area contributed by atoms with E-state index in [-0.39, 0.29) is 17.9 Å². The third-order valence-electron chi connectivity index (χ3n) is 2.45. The molecule has 1 rings (SSSR count). The fourth-order valence-corrected chi connectivity index (χ4v) is 1.58. The number of carbonyl (C=O) groups is 2. The average Bonchev–Trinajstić information content (AvgIpc) is 2.36. The summed E-state index contributed by atoms with van der Waals surface area (Å²) >= 11 is 0. The summed E-state index contributed by atoms with van der Waals surface area (Å²) in [5, 5.41) is 0. The summed E-state index contributed by atoms with van der Waals surface area (Å²) in [5.74, 6) is -2.19. The van der Waals surface area contributed by atoms with Crippen molar-refractivity contribution < 1.29 is 23.5 Å². The minimum absolute atomic E-state index is 0.0694. The molecule has 1 aromatic rings. The maximum atomic E-state index is 13.7. The van der Waals surface area contributed by atoms with Crippen molar-refractivity contribution in [2.45, 2.75) is 20.3 Å². The lowest BCUT2D eigenvalue weighted by molar-refractivity contribution is -0.137. The maximum absolute atomic E-state index is 13.7. The summed E-state index contributed by atoms with van der Waals surface area (Å²) in [6.07, 6.45) is 0.433. The summed E-state index contributed by atoms with van der Waals surface area (Å²) in [4.78, 5) is 22.9. The number of carbonyl (C=O) groups excluding carboxylic acids is 2. The molecule has 0 radical (unpaired) electrons. The van der Waals surface area contributed by atoms with Crippen molar-refractivity contribution >= 4 is 11.8 Å². The van der Waals surface area contributed by atoms with Gasteiger partial charge in [0, 0.05) is 11.1 Å². The molecule has 1 aromatic carbocycles. The van der Waals surface area contributed by atoms with E-state index in [9.17, 15) is 14.0 Å². The van der Waals surface area contributed by atoms with Gasteiger partial charge in [-0.3, -0.25) is 4.79 Å². The zero-order chi connectivity index (χ0) is 13.7. The van der Waals surface area contributed by atoms with Crippen LogP contribution in [0, 0.1) is 5.82 Å². The fraction of sp³-hybridized carbons (Fsp3) is 0.385. The van der Waals surface area contributed by atoms with Gasteiger partial charge in [-0.05, 0) is 25.5 Å².